The van der Waals surface area contributed by atoms with Gasteiger partial charge >= 0.3 is 7.12 Å². The molecule has 1 fully saturated rings. The number of nitrogens with zero attached hydrogens (tertiary/aromatic N) is 1. The summed E-state index contributed by atoms with van der Waals surface area (Å²) in [5, 5.41) is 18.6. The fraction of sp³-hybridized carbons (Fsp3) is 0.364. The van der Waals surface area contributed by atoms with Gasteiger partial charge in [-0.2, -0.15) is 0 Å². The van der Waals surface area contributed by atoms with Crippen LogP contribution in [0.2, 0.25) is 0 Å². The molecule has 1 aliphatic rings. The normalized spacial score (nSPS) is 14.8. The number of carbonyl (C=O) groups is 2. The summed E-state index contributed by atoms with van der Waals surface area (Å²) >= 11 is 0. The highest BCUT2D eigenvalue weighted by Crippen LogP contribution is 2.24. The van der Waals surface area contributed by atoms with Crippen molar-refractivity contribution in [2.45, 2.75) is 33.1 Å². The van der Waals surface area contributed by atoms with Crippen molar-refractivity contribution in [2.75, 3.05) is 13.1 Å². The number of piperidine rings is 1. The van der Waals surface area contributed by atoms with E-state index in [1.54, 1.807) is 6.07 Å². The molecule has 0 aliphatic carbocycles. The third kappa shape index (κ3) is 4.51. The molecular weight excluding hydrogens is 353 g/mol. The van der Waals surface area contributed by atoms with Gasteiger partial charge in [0, 0.05) is 24.2 Å². The van der Waals surface area contributed by atoms with Crippen LogP contribution in [0, 0.1) is 19.8 Å². The van der Waals surface area contributed by atoms with E-state index < -0.39 is 7.12 Å². The van der Waals surface area contributed by atoms with Gasteiger partial charge < -0.3 is 14.9 Å². The van der Waals surface area contributed by atoms with E-state index in [4.69, 9.17) is 0 Å². The predicted octanol–water partition coefficient (Wildman–Crippen LogP) is 1.89. The van der Waals surface area contributed by atoms with Crippen molar-refractivity contribution in [3.63, 3.8) is 0 Å². The molecule has 0 bridgehead atoms. The Bertz CT molecular complexity index is 873. The monoisotopic (exact) mass is 379 g/mol. The van der Waals surface area contributed by atoms with Crippen LogP contribution < -0.4 is 5.46 Å². The molecule has 1 heterocycles. The Hall–Kier alpha value is -2.44. The fourth-order valence-electron chi connectivity index (χ4n) is 3.83. The first-order valence-corrected chi connectivity index (χ1v) is 9.69. The van der Waals surface area contributed by atoms with Crippen LogP contribution in [0.5, 0.6) is 0 Å². The zero-order chi connectivity index (χ0) is 20.3. The molecule has 0 unspecified atom stereocenters. The molecule has 0 spiro atoms. The molecule has 1 saturated heterocycles. The highest BCUT2D eigenvalue weighted by atomic mass is 16.4. The quantitative estimate of drug-likeness (QED) is 0.615. The maximum absolute atomic E-state index is 12.8. The minimum absolute atomic E-state index is 0.110. The number of hydrogen-bond acceptors (Lipinski definition) is 4. The van der Waals surface area contributed by atoms with Crippen LogP contribution in [0.15, 0.2) is 36.4 Å². The third-order valence-electron chi connectivity index (χ3n) is 5.74. The van der Waals surface area contributed by atoms with E-state index in [0.717, 1.165) is 19.3 Å². The van der Waals surface area contributed by atoms with E-state index >= 15 is 0 Å². The summed E-state index contributed by atoms with van der Waals surface area (Å²) in [7, 11) is -1.73. The molecule has 0 radical (unpaired) electrons. The van der Waals surface area contributed by atoms with Crippen LogP contribution in [-0.4, -0.2) is 47.3 Å². The smallest absolute Gasteiger partial charge is 0.423 e. The van der Waals surface area contributed by atoms with Crippen molar-refractivity contribution in [2.24, 2.45) is 5.92 Å². The van der Waals surface area contributed by atoms with E-state index in [2.05, 4.69) is 32.0 Å². The molecule has 146 valence electrons. The first kappa shape index (κ1) is 20.3. The Morgan fingerprint density at radius 3 is 2.43 bits per heavy atom. The van der Waals surface area contributed by atoms with Crippen molar-refractivity contribution in [3.05, 3.63) is 64.2 Å². The van der Waals surface area contributed by atoms with Gasteiger partial charge in [-0.05, 0) is 73.3 Å². The molecule has 3 rings (SSSR count). The molecule has 2 aromatic carbocycles. The summed E-state index contributed by atoms with van der Waals surface area (Å²) < 4.78 is 0. The van der Waals surface area contributed by atoms with E-state index in [9.17, 15) is 19.6 Å². The maximum atomic E-state index is 12.8. The molecule has 1 amide bonds. The third-order valence-corrected chi connectivity index (χ3v) is 5.74. The molecular formula is C22H26BNO4. The van der Waals surface area contributed by atoms with Crippen molar-refractivity contribution >= 4 is 24.8 Å². The zero-order valence-corrected chi connectivity index (χ0v) is 16.4. The highest BCUT2D eigenvalue weighted by molar-refractivity contribution is 6.60. The topological polar surface area (TPSA) is 77.8 Å². The van der Waals surface area contributed by atoms with Crippen molar-refractivity contribution < 1.29 is 19.6 Å². The number of benzene rings is 2. The van der Waals surface area contributed by atoms with Crippen molar-refractivity contribution in [1.82, 2.24) is 4.90 Å². The van der Waals surface area contributed by atoms with Gasteiger partial charge in [0.2, 0.25) is 0 Å². The summed E-state index contributed by atoms with van der Waals surface area (Å²) in [5.41, 5.74) is 4.61. The lowest BCUT2D eigenvalue weighted by molar-refractivity contribution is 0.0690. The predicted molar refractivity (Wildman–Crippen MR) is 110 cm³/mol. The summed E-state index contributed by atoms with van der Waals surface area (Å²) in [6.07, 6.45) is 3.47. The number of aldehydes is 1. The average molecular weight is 379 g/mol. The van der Waals surface area contributed by atoms with E-state index in [1.165, 1.54) is 28.8 Å². The van der Waals surface area contributed by atoms with Crippen LogP contribution in [0.25, 0.3) is 0 Å². The lowest BCUT2D eigenvalue weighted by Gasteiger charge is -2.32. The van der Waals surface area contributed by atoms with Gasteiger partial charge in [-0.25, -0.2) is 0 Å². The number of aryl methyl sites for hydroxylation is 2. The first-order chi connectivity index (χ1) is 13.4. The second-order valence-corrected chi connectivity index (χ2v) is 7.69. The van der Waals surface area contributed by atoms with Crippen molar-refractivity contribution in [1.29, 1.82) is 0 Å². The van der Waals surface area contributed by atoms with Gasteiger partial charge in [-0.1, -0.05) is 24.3 Å². The first-order valence-electron chi connectivity index (χ1n) is 9.69. The van der Waals surface area contributed by atoms with Gasteiger partial charge in [-0.15, -0.1) is 0 Å². The second-order valence-electron chi connectivity index (χ2n) is 7.69. The lowest BCUT2D eigenvalue weighted by Crippen LogP contribution is -2.39. The van der Waals surface area contributed by atoms with Gasteiger partial charge in [-0.3, -0.25) is 9.59 Å². The minimum atomic E-state index is -1.73. The van der Waals surface area contributed by atoms with E-state index in [0.29, 0.717) is 30.9 Å². The summed E-state index contributed by atoms with van der Waals surface area (Å²) in [5.74, 6) is 0.440. The van der Waals surface area contributed by atoms with E-state index in [1.807, 2.05) is 4.90 Å². The Morgan fingerprint density at radius 2 is 1.82 bits per heavy atom. The molecule has 1 aliphatic heterocycles. The fourth-order valence-corrected chi connectivity index (χ4v) is 3.83. The molecule has 28 heavy (non-hydrogen) atoms. The number of hydrogen-bond donors (Lipinski definition) is 2. The van der Waals surface area contributed by atoms with E-state index in [-0.39, 0.29) is 16.9 Å². The second kappa shape index (κ2) is 8.71. The Kier molecular flexibility index (Phi) is 6.32. The van der Waals surface area contributed by atoms with Gasteiger partial charge in [0.25, 0.3) is 5.91 Å². The Labute approximate surface area is 166 Å². The molecule has 0 saturated carbocycles. The molecule has 0 aromatic heterocycles. The summed E-state index contributed by atoms with van der Waals surface area (Å²) in [6.45, 7) is 5.63. The van der Waals surface area contributed by atoms with Crippen LogP contribution >= 0.6 is 0 Å². The minimum Gasteiger partial charge on any atom is -0.423 e. The lowest BCUT2D eigenvalue weighted by atomic mass is 9.76. The number of rotatable bonds is 5. The molecule has 0 atom stereocenters. The summed E-state index contributed by atoms with van der Waals surface area (Å²) in [6, 6.07) is 11.0. The van der Waals surface area contributed by atoms with Crippen LogP contribution in [0.4, 0.5) is 0 Å². The zero-order valence-electron chi connectivity index (χ0n) is 16.4. The standard InChI is InChI=1S/C22H26BNO4/c1-15-3-4-18(11-16(15)2)12-17-7-9-24(10-8-17)22(26)19-5-6-21(23(27)28)20(13-19)14-25/h3-6,11,13-14,17,27-28H,7-10,12H2,1-2H3. The Balaban J connectivity index is 1.62. The SMILES string of the molecule is Cc1ccc(CC2CCN(C(=O)c3ccc(B(O)O)c(C=O)c3)CC2)cc1C. The molecule has 2 N–H and O–H groups in total. The number of carbonyl (C=O) groups excluding carboxylic acids is 2. The maximum Gasteiger partial charge on any atom is 0.489 e. The Morgan fingerprint density at radius 1 is 1.11 bits per heavy atom. The molecule has 5 nitrogen and oxygen atoms in total. The molecule has 6 heteroatoms. The van der Waals surface area contributed by atoms with Crippen LogP contribution in [0.3, 0.4) is 0 Å². The molecule has 2 aromatic rings. The van der Waals surface area contributed by atoms with Gasteiger partial charge in [0.05, 0.1) is 0 Å². The van der Waals surface area contributed by atoms with Gasteiger partial charge in [0.15, 0.2) is 0 Å². The highest BCUT2D eigenvalue weighted by Gasteiger charge is 2.25. The summed E-state index contributed by atoms with van der Waals surface area (Å²) in [4.78, 5) is 25.8. The largest absolute Gasteiger partial charge is 0.489 e. The number of likely N-dealkylation sites (tertiary alicyclic amines) is 1. The van der Waals surface area contributed by atoms with Gasteiger partial charge in [0.1, 0.15) is 6.29 Å². The number of amides is 1. The van der Waals surface area contributed by atoms with Crippen LogP contribution in [-0.2, 0) is 6.42 Å². The van der Waals surface area contributed by atoms with Crippen molar-refractivity contribution in [3.8, 4) is 0 Å². The van der Waals surface area contributed by atoms with Crippen LogP contribution in [0.1, 0.15) is 50.2 Å². The average Bonchev–Trinajstić information content (AvgIpc) is 2.70.